The van der Waals surface area contributed by atoms with Crippen molar-refractivity contribution in [2.24, 2.45) is 0 Å². The summed E-state index contributed by atoms with van der Waals surface area (Å²) in [5.41, 5.74) is 3.92. The molecule has 0 amide bonds. The van der Waals surface area contributed by atoms with Gasteiger partial charge in [-0.15, -0.1) is 0 Å². The number of carboxylic acids is 1. The summed E-state index contributed by atoms with van der Waals surface area (Å²) in [4.78, 5) is 10.8. The number of carboxylic acid groups (broad SMARTS) is 1. The molecule has 0 spiro atoms. The first kappa shape index (κ1) is 15.3. The Hall–Kier alpha value is -1.77. The van der Waals surface area contributed by atoms with Crippen molar-refractivity contribution >= 4 is 11.5 Å². The maximum atomic E-state index is 10.8. The van der Waals surface area contributed by atoms with E-state index in [2.05, 4.69) is 6.92 Å². The SMILES string of the molecule is CCCOc1cc(C)c(/C(=C/C(=O)O)CC)cc1C. The van der Waals surface area contributed by atoms with Gasteiger partial charge in [-0.3, -0.25) is 0 Å². The highest BCUT2D eigenvalue weighted by Gasteiger charge is 2.09. The largest absolute Gasteiger partial charge is 0.493 e. The van der Waals surface area contributed by atoms with Crippen molar-refractivity contribution < 1.29 is 14.6 Å². The van der Waals surface area contributed by atoms with Crippen LogP contribution in [0.4, 0.5) is 0 Å². The van der Waals surface area contributed by atoms with Crippen molar-refractivity contribution in [1.29, 1.82) is 0 Å². The van der Waals surface area contributed by atoms with Crippen LogP contribution >= 0.6 is 0 Å². The molecule has 0 saturated carbocycles. The van der Waals surface area contributed by atoms with E-state index in [1.165, 1.54) is 6.08 Å². The molecule has 0 aromatic heterocycles. The van der Waals surface area contributed by atoms with E-state index < -0.39 is 5.97 Å². The molecule has 1 N–H and O–H groups in total. The molecule has 0 atom stereocenters. The van der Waals surface area contributed by atoms with Gasteiger partial charge in [0.05, 0.1) is 6.61 Å². The highest BCUT2D eigenvalue weighted by atomic mass is 16.5. The van der Waals surface area contributed by atoms with Gasteiger partial charge in [-0.25, -0.2) is 4.79 Å². The van der Waals surface area contributed by atoms with Gasteiger partial charge in [-0.2, -0.15) is 0 Å². The van der Waals surface area contributed by atoms with E-state index in [9.17, 15) is 4.79 Å². The van der Waals surface area contributed by atoms with Crippen LogP contribution < -0.4 is 4.74 Å². The van der Waals surface area contributed by atoms with Crippen molar-refractivity contribution in [2.75, 3.05) is 6.61 Å². The predicted octanol–water partition coefficient (Wildman–Crippen LogP) is 3.97. The third-order valence-electron chi connectivity index (χ3n) is 3.01. The number of rotatable bonds is 6. The molecule has 0 aliphatic carbocycles. The predicted molar refractivity (Wildman–Crippen MR) is 77.6 cm³/mol. The Bertz CT molecular complexity index is 487. The third-order valence-corrected chi connectivity index (χ3v) is 3.01. The average molecular weight is 262 g/mol. The minimum absolute atomic E-state index is 0.696. The minimum Gasteiger partial charge on any atom is -0.493 e. The zero-order valence-corrected chi connectivity index (χ0v) is 12.1. The topological polar surface area (TPSA) is 46.5 Å². The number of aliphatic carboxylic acids is 1. The van der Waals surface area contributed by atoms with Gasteiger partial charge in [0.25, 0.3) is 0 Å². The van der Waals surface area contributed by atoms with Crippen LogP contribution in [0.15, 0.2) is 18.2 Å². The van der Waals surface area contributed by atoms with E-state index in [1.54, 1.807) is 0 Å². The van der Waals surface area contributed by atoms with E-state index in [0.717, 1.165) is 34.4 Å². The van der Waals surface area contributed by atoms with Crippen LogP contribution in [0.5, 0.6) is 5.75 Å². The Morgan fingerprint density at radius 2 is 1.95 bits per heavy atom. The molecule has 1 rings (SSSR count). The molecule has 0 aliphatic heterocycles. The molecule has 0 aliphatic rings. The monoisotopic (exact) mass is 262 g/mol. The second-order valence-electron chi connectivity index (χ2n) is 4.64. The molecule has 19 heavy (non-hydrogen) atoms. The standard InChI is InChI=1S/C16H22O3/c1-5-7-19-15-9-11(3)14(8-12(15)4)13(6-2)10-16(17)18/h8-10H,5-7H2,1-4H3,(H,17,18)/b13-10+. The lowest BCUT2D eigenvalue weighted by Crippen LogP contribution is -2.00. The highest BCUT2D eigenvalue weighted by molar-refractivity contribution is 5.90. The lowest BCUT2D eigenvalue weighted by Gasteiger charge is -2.14. The van der Waals surface area contributed by atoms with E-state index in [-0.39, 0.29) is 0 Å². The van der Waals surface area contributed by atoms with Crippen LogP contribution in [0.2, 0.25) is 0 Å². The molecule has 3 heteroatoms. The number of hydrogen-bond donors (Lipinski definition) is 1. The van der Waals surface area contributed by atoms with Crippen molar-refractivity contribution in [3.8, 4) is 5.75 Å². The van der Waals surface area contributed by atoms with Crippen molar-refractivity contribution in [3.05, 3.63) is 34.9 Å². The van der Waals surface area contributed by atoms with Gasteiger partial charge in [-0.1, -0.05) is 13.8 Å². The van der Waals surface area contributed by atoms with Gasteiger partial charge in [0.2, 0.25) is 0 Å². The van der Waals surface area contributed by atoms with Crippen LogP contribution in [0, 0.1) is 13.8 Å². The summed E-state index contributed by atoms with van der Waals surface area (Å²) < 4.78 is 5.68. The molecular formula is C16H22O3. The maximum Gasteiger partial charge on any atom is 0.328 e. The Balaban J connectivity index is 3.17. The molecule has 1 aromatic carbocycles. The Morgan fingerprint density at radius 3 is 2.47 bits per heavy atom. The van der Waals surface area contributed by atoms with Crippen LogP contribution in [-0.2, 0) is 4.79 Å². The Labute approximate surface area is 114 Å². The first-order valence-corrected chi connectivity index (χ1v) is 6.67. The van der Waals surface area contributed by atoms with Crippen molar-refractivity contribution in [3.63, 3.8) is 0 Å². The van der Waals surface area contributed by atoms with E-state index >= 15 is 0 Å². The van der Waals surface area contributed by atoms with Gasteiger partial charge >= 0.3 is 5.97 Å². The van der Waals surface area contributed by atoms with Gasteiger partial charge in [-0.05, 0) is 61.1 Å². The van der Waals surface area contributed by atoms with Gasteiger partial charge < -0.3 is 9.84 Å². The molecule has 3 nitrogen and oxygen atoms in total. The smallest absolute Gasteiger partial charge is 0.328 e. The Morgan fingerprint density at radius 1 is 1.26 bits per heavy atom. The lowest BCUT2D eigenvalue weighted by atomic mass is 9.96. The number of ether oxygens (including phenoxy) is 1. The Kier molecular flexibility index (Phi) is 5.61. The molecule has 0 radical (unpaired) electrons. The fraction of sp³-hybridized carbons (Fsp3) is 0.438. The second-order valence-corrected chi connectivity index (χ2v) is 4.64. The summed E-state index contributed by atoms with van der Waals surface area (Å²) in [6, 6.07) is 4.00. The second kappa shape index (κ2) is 6.98. The fourth-order valence-corrected chi connectivity index (χ4v) is 2.02. The van der Waals surface area contributed by atoms with Crippen LogP contribution in [0.1, 0.15) is 43.4 Å². The van der Waals surface area contributed by atoms with E-state index in [0.29, 0.717) is 13.0 Å². The molecule has 0 saturated heterocycles. The first-order chi connectivity index (χ1) is 8.99. The summed E-state index contributed by atoms with van der Waals surface area (Å²) in [6.45, 7) is 8.71. The van der Waals surface area contributed by atoms with E-state index in [4.69, 9.17) is 9.84 Å². The third kappa shape index (κ3) is 4.12. The summed E-state index contributed by atoms with van der Waals surface area (Å²) in [7, 11) is 0. The van der Waals surface area contributed by atoms with Crippen molar-refractivity contribution in [2.45, 2.75) is 40.5 Å². The molecule has 0 bridgehead atoms. The van der Waals surface area contributed by atoms with Crippen LogP contribution in [0.3, 0.4) is 0 Å². The molecule has 0 unspecified atom stereocenters. The first-order valence-electron chi connectivity index (χ1n) is 6.67. The zero-order valence-electron chi connectivity index (χ0n) is 12.1. The summed E-state index contributed by atoms with van der Waals surface area (Å²) >= 11 is 0. The van der Waals surface area contributed by atoms with Crippen LogP contribution in [-0.4, -0.2) is 17.7 Å². The average Bonchev–Trinajstić information content (AvgIpc) is 2.36. The van der Waals surface area contributed by atoms with Crippen LogP contribution in [0.25, 0.3) is 5.57 Å². The number of benzene rings is 1. The summed E-state index contributed by atoms with van der Waals surface area (Å²) in [5, 5.41) is 8.91. The number of aryl methyl sites for hydroxylation is 2. The van der Waals surface area contributed by atoms with E-state index in [1.807, 2.05) is 32.9 Å². The molecule has 104 valence electrons. The number of allylic oxidation sites excluding steroid dienone is 1. The maximum absolute atomic E-state index is 10.8. The highest BCUT2D eigenvalue weighted by Crippen LogP contribution is 2.29. The minimum atomic E-state index is -0.903. The molecule has 1 aromatic rings. The normalized spacial score (nSPS) is 11.5. The van der Waals surface area contributed by atoms with Gasteiger partial charge in [0, 0.05) is 6.08 Å². The van der Waals surface area contributed by atoms with Gasteiger partial charge in [0.1, 0.15) is 5.75 Å². The zero-order chi connectivity index (χ0) is 14.4. The molecular weight excluding hydrogens is 240 g/mol. The summed E-state index contributed by atoms with van der Waals surface area (Å²) in [6.07, 6.45) is 2.95. The van der Waals surface area contributed by atoms with Gasteiger partial charge in [0.15, 0.2) is 0 Å². The van der Waals surface area contributed by atoms with Crippen molar-refractivity contribution in [1.82, 2.24) is 0 Å². The quantitative estimate of drug-likeness (QED) is 0.789. The fourth-order valence-electron chi connectivity index (χ4n) is 2.02. The number of carbonyl (C=O) groups is 1. The summed E-state index contributed by atoms with van der Waals surface area (Å²) in [5.74, 6) is -0.0194. The molecule has 0 heterocycles. The molecule has 0 fully saturated rings. The lowest BCUT2D eigenvalue weighted by molar-refractivity contribution is -0.131. The number of hydrogen-bond acceptors (Lipinski definition) is 2.